The average Bonchev–Trinajstić information content (AvgIpc) is 2.67. The molecule has 1 rings (SSSR count). The molecule has 0 saturated heterocycles. The summed E-state index contributed by atoms with van der Waals surface area (Å²) in [6.45, 7) is 10.2. The van der Waals surface area contributed by atoms with Gasteiger partial charge in [-0.2, -0.15) is 5.26 Å². The number of nitriles is 1. The second-order valence-electron chi connectivity index (χ2n) is 3.29. The van der Waals surface area contributed by atoms with Gasteiger partial charge in [0.15, 0.2) is 0 Å². The van der Waals surface area contributed by atoms with E-state index in [1.54, 1.807) is 0 Å². The zero-order valence-electron chi connectivity index (χ0n) is 10.4. The molecule has 0 aromatic heterocycles. The van der Waals surface area contributed by atoms with Crippen molar-refractivity contribution in [2.45, 2.75) is 65.8 Å². The van der Waals surface area contributed by atoms with Crippen LogP contribution in [0.5, 0.6) is 0 Å². The van der Waals surface area contributed by atoms with E-state index >= 15 is 0 Å². The number of nitrogens with two attached hydrogens (primary N) is 1. The van der Waals surface area contributed by atoms with E-state index in [-0.39, 0.29) is 0 Å². The predicted molar refractivity (Wildman–Crippen MR) is 62.9 cm³/mol. The molecule has 2 nitrogen and oxygen atoms in total. The van der Waals surface area contributed by atoms with Crippen LogP contribution in [-0.4, -0.2) is 5.54 Å². The molecule has 1 aliphatic carbocycles. The minimum absolute atomic E-state index is 0.485. The van der Waals surface area contributed by atoms with Crippen LogP contribution in [0.4, 0.5) is 0 Å². The molecule has 0 aromatic rings. The molecule has 0 heterocycles. The number of nitrogens with zero attached hydrogens (tertiary/aromatic N) is 1. The third kappa shape index (κ3) is 5.24. The van der Waals surface area contributed by atoms with Crippen molar-refractivity contribution in [1.29, 1.82) is 5.26 Å². The van der Waals surface area contributed by atoms with Gasteiger partial charge in [-0.05, 0) is 25.2 Å². The van der Waals surface area contributed by atoms with Crippen molar-refractivity contribution in [3.05, 3.63) is 0 Å². The standard InChI is InChI=1S/C8H14N2.2C2H6/c1-2-7-3-4-8(10,5-7)6-9;2*1-2/h7H,2-5,10H2,1H3;2*1-2H3. The van der Waals surface area contributed by atoms with Crippen LogP contribution in [-0.2, 0) is 0 Å². The fourth-order valence-electron chi connectivity index (χ4n) is 1.63. The van der Waals surface area contributed by atoms with Crippen LogP contribution < -0.4 is 5.73 Å². The van der Waals surface area contributed by atoms with E-state index < -0.39 is 5.54 Å². The highest BCUT2D eigenvalue weighted by Gasteiger charge is 2.34. The van der Waals surface area contributed by atoms with Crippen molar-refractivity contribution in [3.8, 4) is 6.07 Å². The van der Waals surface area contributed by atoms with Crippen LogP contribution in [0.1, 0.15) is 60.3 Å². The normalized spacial score (nSPS) is 29.1. The summed E-state index contributed by atoms with van der Waals surface area (Å²) in [5.74, 6) is 0.699. The molecule has 84 valence electrons. The fourth-order valence-corrected chi connectivity index (χ4v) is 1.63. The van der Waals surface area contributed by atoms with Gasteiger partial charge >= 0.3 is 0 Å². The second-order valence-corrected chi connectivity index (χ2v) is 3.29. The molecule has 1 fully saturated rings. The van der Waals surface area contributed by atoms with E-state index in [0.29, 0.717) is 5.92 Å². The van der Waals surface area contributed by atoms with Crippen LogP contribution >= 0.6 is 0 Å². The first-order valence-electron chi connectivity index (χ1n) is 5.90. The van der Waals surface area contributed by atoms with Crippen molar-refractivity contribution in [2.75, 3.05) is 0 Å². The molecular weight excluding hydrogens is 172 g/mol. The minimum atomic E-state index is -0.485. The Labute approximate surface area is 89.5 Å². The molecule has 0 spiro atoms. The summed E-state index contributed by atoms with van der Waals surface area (Å²) < 4.78 is 0. The fraction of sp³-hybridized carbons (Fsp3) is 0.917. The highest BCUT2D eigenvalue weighted by molar-refractivity contribution is 5.09. The van der Waals surface area contributed by atoms with Crippen LogP contribution in [0.25, 0.3) is 0 Å². The van der Waals surface area contributed by atoms with Gasteiger partial charge in [0.2, 0.25) is 0 Å². The third-order valence-corrected chi connectivity index (χ3v) is 2.45. The number of hydrogen-bond acceptors (Lipinski definition) is 2. The SMILES string of the molecule is CC.CC.CCC1CCC(N)(C#N)C1. The van der Waals surface area contributed by atoms with E-state index in [4.69, 9.17) is 11.0 Å². The first-order chi connectivity index (χ1) is 6.70. The summed E-state index contributed by atoms with van der Waals surface area (Å²) in [6.07, 6.45) is 4.10. The molecule has 0 aliphatic heterocycles. The number of hydrogen-bond donors (Lipinski definition) is 1. The van der Waals surface area contributed by atoms with Gasteiger partial charge in [0.05, 0.1) is 6.07 Å². The topological polar surface area (TPSA) is 49.8 Å². The quantitative estimate of drug-likeness (QED) is 0.701. The monoisotopic (exact) mass is 198 g/mol. The largest absolute Gasteiger partial charge is 0.313 e. The zero-order chi connectivity index (χ0) is 11.6. The Kier molecular flexibility index (Phi) is 10.2. The van der Waals surface area contributed by atoms with Gasteiger partial charge in [0, 0.05) is 0 Å². The van der Waals surface area contributed by atoms with Gasteiger partial charge < -0.3 is 5.73 Å². The molecule has 0 bridgehead atoms. The minimum Gasteiger partial charge on any atom is -0.313 e. The molecule has 14 heavy (non-hydrogen) atoms. The van der Waals surface area contributed by atoms with Gasteiger partial charge in [-0.15, -0.1) is 0 Å². The van der Waals surface area contributed by atoms with Crippen molar-refractivity contribution in [2.24, 2.45) is 11.7 Å². The van der Waals surface area contributed by atoms with Crippen molar-refractivity contribution >= 4 is 0 Å². The molecule has 0 radical (unpaired) electrons. The van der Waals surface area contributed by atoms with E-state index in [0.717, 1.165) is 19.3 Å². The summed E-state index contributed by atoms with van der Waals surface area (Å²) in [5.41, 5.74) is 5.28. The number of rotatable bonds is 1. The summed E-state index contributed by atoms with van der Waals surface area (Å²) in [4.78, 5) is 0. The molecule has 2 atom stereocenters. The average molecular weight is 198 g/mol. The summed E-state index contributed by atoms with van der Waals surface area (Å²) >= 11 is 0. The lowest BCUT2D eigenvalue weighted by atomic mass is 9.98. The molecule has 0 aromatic carbocycles. The Balaban J connectivity index is 0. The predicted octanol–water partition coefficient (Wildman–Crippen LogP) is 3.47. The third-order valence-electron chi connectivity index (χ3n) is 2.45. The molecule has 2 heteroatoms. The molecular formula is C12H26N2. The van der Waals surface area contributed by atoms with Crippen LogP contribution in [0.15, 0.2) is 0 Å². The van der Waals surface area contributed by atoms with E-state index in [1.165, 1.54) is 6.42 Å². The zero-order valence-corrected chi connectivity index (χ0v) is 10.4. The Bertz CT molecular complexity index is 160. The molecule has 2 unspecified atom stereocenters. The van der Waals surface area contributed by atoms with Crippen molar-refractivity contribution in [1.82, 2.24) is 0 Å². The smallest absolute Gasteiger partial charge is 0.104 e. The van der Waals surface area contributed by atoms with E-state index in [9.17, 15) is 0 Å². The maximum absolute atomic E-state index is 8.66. The summed E-state index contributed by atoms with van der Waals surface area (Å²) in [6, 6.07) is 2.18. The van der Waals surface area contributed by atoms with Crippen molar-refractivity contribution in [3.63, 3.8) is 0 Å². The lowest BCUT2D eigenvalue weighted by Gasteiger charge is -2.12. The van der Waals surface area contributed by atoms with E-state index in [2.05, 4.69) is 13.0 Å². The van der Waals surface area contributed by atoms with Gasteiger partial charge in [-0.1, -0.05) is 41.0 Å². The Morgan fingerprint density at radius 3 is 2.07 bits per heavy atom. The van der Waals surface area contributed by atoms with Crippen LogP contribution in [0, 0.1) is 17.2 Å². The first kappa shape index (κ1) is 15.9. The lowest BCUT2D eigenvalue weighted by Crippen LogP contribution is -2.34. The van der Waals surface area contributed by atoms with Gasteiger partial charge in [-0.25, -0.2) is 0 Å². The van der Waals surface area contributed by atoms with E-state index in [1.807, 2.05) is 27.7 Å². The molecule has 0 amide bonds. The second kappa shape index (κ2) is 9.02. The molecule has 1 saturated carbocycles. The molecule has 2 N–H and O–H groups in total. The maximum Gasteiger partial charge on any atom is 0.104 e. The Morgan fingerprint density at radius 2 is 1.86 bits per heavy atom. The first-order valence-corrected chi connectivity index (χ1v) is 5.90. The van der Waals surface area contributed by atoms with Crippen LogP contribution in [0.3, 0.4) is 0 Å². The van der Waals surface area contributed by atoms with Gasteiger partial charge in [0.25, 0.3) is 0 Å². The highest BCUT2D eigenvalue weighted by Crippen LogP contribution is 2.33. The maximum atomic E-state index is 8.66. The van der Waals surface area contributed by atoms with Crippen molar-refractivity contribution < 1.29 is 0 Å². The highest BCUT2D eigenvalue weighted by atomic mass is 14.8. The Morgan fingerprint density at radius 1 is 1.36 bits per heavy atom. The lowest BCUT2D eigenvalue weighted by molar-refractivity contribution is 0.487. The Hall–Kier alpha value is -0.550. The van der Waals surface area contributed by atoms with Gasteiger partial charge in [0.1, 0.15) is 5.54 Å². The summed E-state index contributed by atoms with van der Waals surface area (Å²) in [5, 5.41) is 8.66. The van der Waals surface area contributed by atoms with Gasteiger partial charge in [-0.3, -0.25) is 0 Å². The molecule has 1 aliphatic rings. The summed E-state index contributed by atoms with van der Waals surface area (Å²) in [7, 11) is 0. The van der Waals surface area contributed by atoms with Crippen LogP contribution in [0.2, 0.25) is 0 Å².